The Hall–Kier alpha value is -2.42. The molecule has 4 N–H and O–H groups in total. The number of sulfonamides is 1. The molecule has 168 valence electrons. The zero-order valence-electron chi connectivity index (χ0n) is 18.2. The van der Waals surface area contributed by atoms with Crippen LogP contribution in [0.15, 0.2) is 58.4 Å². The van der Waals surface area contributed by atoms with E-state index in [1.54, 1.807) is 12.1 Å². The zero-order valence-corrected chi connectivity index (χ0v) is 19.0. The molecule has 31 heavy (non-hydrogen) atoms. The number of piperidine rings is 1. The number of nitrogens with zero attached hydrogens (tertiary/aromatic N) is 2. The zero-order chi connectivity index (χ0) is 22.1. The molecule has 0 aromatic heterocycles. The molecule has 2 aromatic rings. The summed E-state index contributed by atoms with van der Waals surface area (Å²) in [5, 5.41) is 11.7. The number of rotatable bonds is 8. The molecule has 0 aliphatic carbocycles. The predicted octanol–water partition coefficient (Wildman–Crippen LogP) is 2.58. The molecule has 7 nitrogen and oxygen atoms in total. The van der Waals surface area contributed by atoms with Crippen LogP contribution in [0, 0.1) is 0 Å². The number of likely N-dealkylation sites (tertiary alicyclic amines) is 1. The number of benzene rings is 2. The van der Waals surface area contributed by atoms with Gasteiger partial charge in [0.2, 0.25) is 10.0 Å². The van der Waals surface area contributed by atoms with Gasteiger partial charge in [-0.2, -0.15) is 0 Å². The SMILES string of the molecule is CCNC(=NCc1ccc(S(N)(=O)=O)cc1)NCc1ccc(CN2CCCCC2)cc1. The highest BCUT2D eigenvalue weighted by atomic mass is 32.2. The van der Waals surface area contributed by atoms with E-state index in [-0.39, 0.29) is 4.90 Å². The van der Waals surface area contributed by atoms with Crippen LogP contribution in [0.2, 0.25) is 0 Å². The second-order valence-electron chi connectivity index (χ2n) is 7.89. The summed E-state index contributed by atoms with van der Waals surface area (Å²) in [5.41, 5.74) is 3.46. The minimum absolute atomic E-state index is 0.106. The van der Waals surface area contributed by atoms with Crippen LogP contribution in [0.3, 0.4) is 0 Å². The fourth-order valence-corrected chi connectivity index (χ4v) is 4.14. The van der Waals surface area contributed by atoms with Gasteiger partial charge in [-0.1, -0.05) is 42.8 Å². The van der Waals surface area contributed by atoms with Gasteiger partial charge in [0.15, 0.2) is 5.96 Å². The van der Waals surface area contributed by atoms with E-state index >= 15 is 0 Å². The van der Waals surface area contributed by atoms with Crippen LogP contribution in [0.5, 0.6) is 0 Å². The molecule has 0 radical (unpaired) electrons. The summed E-state index contributed by atoms with van der Waals surface area (Å²) < 4.78 is 22.7. The summed E-state index contributed by atoms with van der Waals surface area (Å²) in [6.07, 6.45) is 3.98. The molecule has 1 heterocycles. The molecule has 2 aromatic carbocycles. The number of aliphatic imine (C=N–C) groups is 1. The van der Waals surface area contributed by atoms with Crippen molar-refractivity contribution < 1.29 is 8.42 Å². The van der Waals surface area contributed by atoms with E-state index in [9.17, 15) is 8.42 Å². The Bertz CT molecular complexity index is 950. The highest BCUT2D eigenvalue weighted by molar-refractivity contribution is 7.89. The van der Waals surface area contributed by atoms with Gasteiger partial charge >= 0.3 is 0 Å². The van der Waals surface area contributed by atoms with E-state index < -0.39 is 10.0 Å². The molecule has 0 saturated carbocycles. The minimum Gasteiger partial charge on any atom is -0.357 e. The largest absolute Gasteiger partial charge is 0.357 e. The summed E-state index contributed by atoms with van der Waals surface area (Å²) in [6, 6.07) is 15.2. The van der Waals surface area contributed by atoms with E-state index in [0.29, 0.717) is 13.1 Å². The third kappa shape index (κ3) is 7.65. The first kappa shape index (κ1) is 23.2. The van der Waals surface area contributed by atoms with Crippen LogP contribution in [-0.2, 0) is 29.7 Å². The highest BCUT2D eigenvalue weighted by Gasteiger charge is 2.10. The number of hydrogen-bond donors (Lipinski definition) is 3. The molecular weight excluding hydrogens is 410 g/mol. The minimum atomic E-state index is -3.67. The van der Waals surface area contributed by atoms with Crippen molar-refractivity contribution in [3.63, 3.8) is 0 Å². The van der Waals surface area contributed by atoms with Crippen LogP contribution >= 0.6 is 0 Å². The topological polar surface area (TPSA) is 99.8 Å². The molecule has 0 amide bonds. The van der Waals surface area contributed by atoms with Gasteiger partial charge in [-0.25, -0.2) is 18.5 Å². The maximum absolute atomic E-state index is 11.4. The maximum atomic E-state index is 11.4. The lowest BCUT2D eigenvalue weighted by Crippen LogP contribution is -2.36. The summed E-state index contributed by atoms with van der Waals surface area (Å²) >= 11 is 0. The third-order valence-corrected chi connectivity index (χ3v) is 6.28. The Balaban J connectivity index is 1.53. The number of nitrogens with two attached hydrogens (primary N) is 1. The summed E-state index contributed by atoms with van der Waals surface area (Å²) in [4.78, 5) is 7.23. The summed E-state index contributed by atoms with van der Waals surface area (Å²) in [6.45, 7) is 7.34. The average Bonchev–Trinajstić information content (AvgIpc) is 2.77. The first-order valence-electron chi connectivity index (χ1n) is 10.9. The summed E-state index contributed by atoms with van der Waals surface area (Å²) in [5.74, 6) is 0.718. The first-order valence-corrected chi connectivity index (χ1v) is 12.4. The van der Waals surface area contributed by atoms with Crippen LogP contribution in [0.25, 0.3) is 0 Å². The molecule has 8 heteroatoms. The van der Waals surface area contributed by atoms with Crippen LogP contribution < -0.4 is 15.8 Å². The van der Waals surface area contributed by atoms with Gasteiger partial charge in [0, 0.05) is 19.6 Å². The Morgan fingerprint density at radius 3 is 2.16 bits per heavy atom. The number of nitrogens with one attached hydrogen (secondary N) is 2. The van der Waals surface area contributed by atoms with Crippen molar-refractivity contribution in [2.24, 2.45) is 10.1 Å². The lowest BCUT2D eigenvalue weighted by atomic mass is 10.1. The van der Waals surface area contributed by atoms with E-state index in [1.807, 2.05) is 6.92 Å². The first-order chi connectivity index (χ1) is 14.9. The summed E-state index contributed by atoms with van der Waals surface area (Å²) in [7, 11) is -3.67. The number of primary sulfonamides is 1. The fraction of sp³-hybridized carbons (Fsp3) is 0.435. The van der Waals surface area contributed by atoms with Crippen molar-refractivity contribution >= 4 is 16.0 Å². The van der Waals surface area contributed by atoms with Gasteiger partial charge in [-0.3, -0.25) is 4.90 Å². The van der Waals surface area contributed by atoms with Gasteiger partial charge in [-0.05, 0) is 61.7 Å². The third-order valence-electron chi connectivity index (χ3n) is 5.35. The van der Waals surface area contributed by atoms with Gasteiger partial charge in [-0.15, -0.1) is 0 Å². The molecule has 0 atom stereocenters. The van der Waals surface area contributed by atoms with E-state index in [2.05, 4.69) is 44.8 Å². The molecule has 1 aliphatic rings. The fourth-order valence-electron chi connectivity index (χ4n) is 3.62. The molecule has 1 saturated heterocycles. The van der Waals surface area contributed by atoms with E-state index in [0.717, 1.165) is 24.6 Å². The van der Waals surface area contributed by atoms with Gasteiger partial charge in [0.05, 0.1) is 11.4 Å². The molecular formula is C23H33N5O2S. The Labute approximate surface area is 185 Å². The van der Waals surface area contributed by atoms with Crippen LogP contribution in [0.4, 0.5) is 0 Å². The second kappa shape index (κ2) is 11.3. The Kier molecular flexibility index (Phi) is 8.45. The normalized spacial score (nSPS) is 15.6. The van der Waals surface area contributed by atoms with Crippen molar-refractivity contribution in [3.05, 3.63) is 65.2 Å². The Morgan fingerprint density at radius 2 is 1.55 bits per heavy atom. The molecule has 1 aliphatic heterocycles. The van der Waals surface area contributed by atoms with Crippen LogP contribution in [0.1, 0.15) is 42.9 Å². The molecule has 0 spiro atoms. The van der Waals surface area contributed by atoms with E-state index in [1.165, 1.54) is 55.6 Å². The maximum Gasteiger partial charge on any atom is 0.238 e. The molecule has 0 unspecified atom stereocenters. The second-order valence-corrected chi connectivity index (χ2v) is 9.45. The van der Waals surface area contributed by atoms with Crippen molar-refractivity contribution in [3.8, 4) is 0 Å². The molecule has 1 fully saturated rings. The van der Waals surface area contributed by atoms with E-state index in [4.69, 9.17) is 5.14 Å². The number of hydrogen-bond acceptors (Lipinski definition) is 4. The van der Waals surface area contributed by atoms with Gasteiger partial charge in [0.25, 0.3) is 0 Å². The van der Waals surface area contributed by atoms with Crippen molar-refractivity contribution in [1.82, 2.24) is 15.5 Å². The quantitative estimate of drug-likeness (QED) is 0.430. The average molecular weight is 444 g/mol. The van der Waals surface area contributed by atoms with Crippen LogP contribution in [-0.4, -0.2) is 38.9 Å². The standard InChI is InChI=1S/C23H33N5O2S/c1-2-25-23(27-17-20-10-12-22(13-11-20)31(24,29)30)26-16-19-6-8-21(9-7-19)18-28-14-4-3-5-15-28/h6-13H,2-5,14-18H2,1H3,(H2,24,29,30)(H2,25,26,27). The monoisotopic (exact) mass is 443 g/mol. The number of guanidine groups is 1. The molecule has 3 rings (SSSR count). The van der Waals surface area contributed by atoms with Gasteiger partial charge in [0.1, 0.15) is 0 Å². The van der Waals surface area contributed by atoms with Crippen molar-refractivity contribution in [2.45, 2.75) is 50.7 Å². The highest BCUT2D eigenvalue weighted by Crippen LogP contribution is 2.14. The smallest absolute Gasteiger partial charge is 0.238 e. The van der Waals surface area contributed by atoms with Crippen molar-refractivity contribution in [1.29, 1.82) is 0 Å². The van der Waals surface area contributed by atoms with Crippen molar-refractivity contribution in [2.75, 3.05) is 19.6 Å². The predicted molar refractivity (Wildman–Crippen MR) is 125 cm³/mol. The Morgan fingerprint density at radius 1 is 0.935 bits per heavy atom. The lowest BCUT2D eigenvalue weighted by molar-refractivity contribution is 0.221. The lowest BCUT2D eigenvalue weighted by Gasteiger charge is -2.26. The van der Waals surface area contributed by atoms with Gasteiger partial charge < -0.3 is 10.6 Å². The molecule has 0 bridgehead atoms.